The summed E-state index contributed by atoms with van der Waals surface area (Å²) in [4.78, 5) is 22.8. The summed E-state index contributed by atoms with van der Waals surface area (Å²) in [6.07, 6.45) is 4.22. The van der Waals surface area contributed by atoms with Crippen LogP contribution in [0.3, 0.4) is 0 Å². The van der Waals surface area contributed by atoms with Crippen LogP contribution in [0.2, 0.25) is 0 Å². The Labute approximate surface area is 114 Å². The third kappa shape index (κ3) is 3.93. The normalized spacial score (nSPS) is 35.0. The maximum absolute atomic E-state index is 11.9. The lowest BCUT2D eigenvalue weighted by atomic mass is 9.82. The van der Waals surface area contributed by atoms with E-state index in [-0.39, 0.29) is 17.9 Å². The number of carboxylic acid groups (broad SMARTS) is 1. The molecule has 1 aliphatic heterocycles. The molecule has 0 radical (unpaired) electrons. The Balaban J connectivity index is 1.66. The molecule has 1 saturated carbocycles. The molecule has 0 aromatic rings. The third-order valence-corrected chi connectivity index (χ3v) is 4.43. The van der Waals surface area contributed by atoms with Crippen molar-refractivity contribution in [3.8, 4) is 0 Å². The number of amides is 1. The monoisotopic (exact) mass is 268 g/mol. The number of hydrogen-bond acceptors (Lipinski definition) is 3. The van der Waals surface area contributed by atoms with Crippen molar-refractivity contribution in [2.24, 2.45) is 17.8 Å². The lowest BCUT2D eigenvalue weighted by Gasteiger charge is -2.26. The van der Waals surface area contributed by atoms with E-state index in [9.17, 15) is 9.59 Å². The van der Waals surface area contributed by atoms with E-state index >= 15 is 0 Å². The lowest BCUT2D eigenvalue weighted by Crippen LogP contribution is -2.42. The van der Waals surface area contributed by atoms with E-state index in [1.165, 1.54) is 0 Å². The number of carbonyl (C=O) groups excluding carboxylic acids is 1. The largest absolute Gasteiger partial charge is 0.481 e. The highest BCUT2D eigenvalue weighted by atomic mass is 16.4. The molecule has 108 valence electrons. The minimum atomic E-state index is -0.674. The number of carboxylic acids is 1. The van der Waals surface area contributed by atoms with Crippen molar-refractivity contribution in [1.29, 1.82) is 0 Å². The molecule has 1 amide bonds. The fraction of sp³-hybridized carbons (Fsp3) is 0.857. The van der Waals surface area contributed by atoms with E-state index < -0.39 is 5.97 Å². The Bertz CT molecular complexity index is 338. The highest BCUT2D eigenvalue weighted by molar-refractivity contribution is 5.82. The summed E-state index contributed by atoms with van der Waals surface area (Å²) >= 11 is 0. The summed E-state index contributed by atoms with van der Waals surface area (Å²) in [5.41, 5.74) is 0. The molecule has 2 unspecified atom stereocenters. The van der Waals surface area contributed by atoms with Crippen LogP contribution in [0, 0.1) is 17.8 Å². The zero-order valence-electron chi connectivity index (χ0n) is 11.5. The fourth-order valence-electron chi connectivity index (χ4n) is 3.09. The molecule has 19 heavy (non-hydrogen) atoms. The van der Waals surface area contributed by atoms with E-state index in [0.29, 0.717) is 18.4 Å². The molecule has 0 spiro atoms. The topological polar surface area (TPSA) is 78.4 Å². The SMILES string of the molecule is CC1CNC(C(=O)NCC2CCC(C(=O)O)CC2)C1. The first-order valence-corrected chi connectivity index (χ1v) is 7.30. The van der Waals surface area contributed by atoms with Crippen molar-refractivity contribution in [3.63, 3.8) is 0 Å². The van der Waals surface area contributed by atoms with Crippen LogP contribution in [-0.4, -0.2) is 36.1 Å². The average Bonchev–Trinajstić information content (AvgIpc) is 2.83. The molecule has 1 heterocycles. The smallest absolute Gasteiger partial charge is 0.306 e. The maximum Gasteiger partial charge on any atom is 0.306 e. The van der Waals surface area contributed by atoms with Gasteiger partial charge in [0.25, 0.3) is 0 Å². The van der Waals surface area contributed by atoms with E-state index in [2.05, 4.69) is 17.6 Å². The number of nitrogens with one attached hydrogen (secondary N) is 2. The minimum Gasteiger partial charge on any atom is -0.481 e. The summed E-state index contributed by atoms with van der Waals surface area (Å²) < 4.78 is 0. The van der Waals surface area contributed by atoms with Crippen LogP contribution in [0.1, 0.15) is 39.0 Å². The molecule has 5 nitrogen and oxygen atoms in total. The summed E-state index contributed by atoms with van der Waals surface area (Å²) in [6.45, 7) is 3.76. The number of carbonyl (C=O) groups is 2. The van der Waals surface area contributed by atoms with Crippen LogP contribution in [0.15, 0.2) is 0 Å². The second-order valence-electron chi connectivity index (χ2n) is 6.10. The second kappa shape index (κ2) is 6.37. The Morgan fingerprint density at radius 1 is 1.26 bits per heavy atom. The summed E-state index contributed by atoms with van der Waals surface area (Å²) in [5.74, 6) is 0.265. The van der Waals surface area contributed by atoms with Gasteiger partial charge < -0.3 is 15.7 Å². The highest BCUT2D eigenvalue weighted by Crippen LogP contribution is 2.28. The molecule has 5 heteroatoms. The summed E-state index contributed by atoms with van der Waals surface area (Å²) in [7, 11) is 0. The predicted molar refractivity (Wildman–Crippen MR) is 71.7 cm³/mol. The molecule has 0 aromatic carbocycles. The Morgan fingerprint density at radius 3 is 2.47 bits per heavy atom. The zero-order chi connectivity index (χ0) is 13.8. The van der Waals surface area contributed by atoms with Gasteiger partial charge in [-0.1, -0.05) is 6.92 Å². The molecule has 1 saturated heterocycles. The Hall–Kier alpha value is -1.10. The quantitative estimate of drug-likeness (QED) is 0.710. The molecule has 2 fully saturated rings. The van der Waals surface area contributed by atoms with E-state index in [0.717, 1.165) is 38.6 Å². The third-order valence-electron chi connectivity index (χ3n) is 4.43. The van der Waals surface area contributed by atoms with Crippen molar-refractivity contribution < 1.29 is 14.7 Å². The van der Waals surface area contributed by atoms with Gasteiger partial charge in [-0.25, -0.2) is 0 Å². The van der Waals surface area contributed by atoms with Crippen molar-refractivity contribution in [2.45, 2.75) is 45.1 Å². The summed E-state index contributed by atoms with van der Waals surface area (Å²) in [6, 6.07) is -0.0367. The van der Waals surface area contributed by atoms with Gasteiger partial charge >= 0.3 is 5.97 Å². The molecular formula is C14H24N2O3. The molecule has 3 N–H and O–H groups in total. The number of hydrogen-bond donors (Lipinski definition) is 3. The molecular weight excluding hydrogens is 244 g/mol. The Kier molecular flexibility index (Phi) is 4.80. The molecule has 0 aromatic heterocycles. The predicted octanol–water partition coefficient (Wildman–Crippen LogP) is 0.992. The highest BCUT2D eigenvalue weighted by Gasteiger charge is 2.29. The van der Waals surface area contributed by atoms with Gasteiger partial charge in [0.15, 0.2) is 0 Å². The fourth-order valence-corrected chi connectivity index (χ4v) is 3.09. The van der Waals surface area contributed by atoms with Gasteiger partial charge in [0.05, 0.1) is 12.0 Å². The van der Waals surface area contributed by atoms with Crippen LogP contribution in [-0.2, 0) is 9.59 Å². The molecule has 2 atom stereocenters. The van der Waals surface area contributed by atoms with Crippen molar-refractivity contribution in [1.82, 2.24) is 10.6 Å². The average molecular weight is 268 g/mol. The van der Waals surface area contributed by atoms with Crippen LogP contribution >= 0.6 is 0 Å². The number of aliphatic carboxylic acids is 1. The van der Waals surface area contributed by atoms with Crippen LogP contribution in [0.5, 0.6) is 0 Å². The molecule has 2 rings (SSSR count). The first-order valence-electron chi connectivity index (χ1n) is 7.30. The zero-order valence-corrected chi connectivity index (χ0v) is 11.5. The first kappa shape index (κ1) is 14.3. The van der Waals surface area contributed by atoms with Crippen LogP contribution in [0.4, 0.5) is 0 Å². The Morgan fingerprint density at radius 2 is 1.95 bits per heavy atom. The molecule has 1 aliphatic carbocycles. The van der Waals surface area contributed by atoms with Crippen molar-refractivity contribution in [2.75, 3.05) is 13.1 Å². The molecule has 2 aliphatic rings. The van der Waals surface area contributed by atoms with Gasteiger partial charge in [-0.3, -0.25) is 9.59 Å². The van der Waals surface area contributed by atoms with Crippen LogP contribution < -0.4 is 10.6 Å². The lowest BCUT2D eigenvalue weighted by molar-refractivity contribution is -0.143. The first-order chi connectivity index (χ1) is 9.06. The standard InChI is InChI=1S/C14H24N2O3/c1-9-6-12(15-7-9)13(17)16-8-10-2-4-11(5-3-10)14(18)19/h9-12,15H,2-8H2,1H3,(H,16,17)(H,18,19). The van der Waals surface area contributed by atoms with E-state index in [1.807, 2.05) is 0 Å². The van der Waals surface area contributed by atoms with Gasteiger partial charge in [0, 0.05) is 6.54 Å². The maximum atomic E-state index is 11.9. The second-order valence-corrected chi connectivity index (χ2v) is 6.10. The van der Waals surface area contributed by atoms with Crippen molar-refractivity contribution in [3.05, 3.63) is 0 Å². The van der Waals surface area contributed by atoms with E-state index in [4.69, 9.17) is 5.11 Å². The van der Waals surface area contributed by atoms with Crippen molar-refractivity contribution >= 4 is 11.9 Å². The summed E-state index contributed by atoms with van der Waals surface area (Å²) in [5, 5.41) is 15.2. The minimum absolute atomic E-state index is 0.0367. The van der Waals surface area contributed by atoms with E-state index in [1.54, 1.807) is 0 Å². The van der Waals surface area contributed by atoms with Gasteiger partial charge in [0.1, 0.15) is 0 Å². The molecule has 0 bridgehead atoms. The number of rotatable bonds is 4. The van der Waals surface area contributed by atoms with Crippen LogP contribution in [0.25, 0.3) is 0 Å². The van der Waals surface area contributed by atoms with Gasteiger partial charge in [-0.2, -0.15) is 0 Å². The van der Waals surface area contributed by atoms with Gasteiger partial charge in [-0.05, 0) is 50.5 Å². The van der Waals surface area contributed by atoms with Gasteiger partial charge in [-0.15, -0.1) is 0 Å². The van der Waals surface area contributed by atoms with Gasteiger partial charge in [0.2, 0.25) is 5.91 Å².